The summed E-state index contributed by atoms with van der Waals surface area (Å²) in [6.07, 6.45) is 0.973. The van der Waals surface area contributed by atoms with E-state index in [-0.39, 0.29) is 5.56 Å². The van der Waals surface area contributed by atoms with Crippen LogP contribution in [0, 0.1) is 0 Å². The van der Waals surface area contributed by atoms with Crippen LogP contribution in [0.5, 0.6) is 0 Å². The zero-order valence-corrected chi connectivity index (χ0v) is 8.95. The fraction of sp³-hybridized carbons (Fsp3) is 0.333. The molecule has 1 heterocycles. The first-order valence-electron chi connectivity index (χ1n) is 5.21. The first-order chi connectivity index (χ1) is 7.22. The topological polar surface area (TPSA) is 45.8 Å². The van der Waals surface area contributed by atoms with Crippen molar-refractivity contribution in [2.75, 3.05) is 0 Å². The number of aromatic amines is 1. The van der Waals surface area contributed by atoms with Crippen LogP contribution in [0.15, 0.2) is 29.1 Å². The molecular weight excluding hydrogens is 188 g/mol. The fourth-order valence-electron chi connectivity index (χ4n) is 1.53. The van der Waals surface area contributed by atoms with Crippen molar-refractivity contribution in [1.29, 1.82) is 0 Å². The highest BCUT2D eigenvalue weighted by atomic mass is 16.1. The molecule has 0 amide bonds. The zero-order chi connectivity index (χ0) is 10.8. The molecule has 78 valence electrons. The van der Waals surface area contributed by atoms with Crippen LogP contribution in [0.3, 0.4) is 0 Å². The Kier molecular flexibility index (Phi) is 2.54. The Morgan fingerprint density at radius 1 is 1.40 bits per heavy atom. The zero-order valence-electron chi connectivity index (χ0n) is 8.95. The van der Waals surface area contributed by atoms with E-state index >= 15 is 0 Å². The van der Waals surface area contributed by atoms with Crippen molar-refractivity contribution in [3.63, 3.8) is 0 Å². The second kappa shape index (κ2) is 3.85. The quantitative estimate of drug-likeness (QED) is 0.813. The Morgan fingerprint density at radius 2 is 2.13 bits per heavy atom. The summed E-state index contributed by atoms with van der Waals surface area (Å²) >= 11 is 0. The molecule has 0 fully saturated rings. The van der Waals surface area contributed by atoms with Gasteiger partial charge in [0.2, 0.25) is 0 Å². The molecule has 0 spiro atoms. The van der Waals surface area contributed by atoms with E-state index in [1.54, 1.807) is 6.07 Å². The number of hydrogen-bond acceptors (Lipinski definition) is 2. The van der Waals surface area contributed by atoms with Crippen molar-refractivity contribution < 1.29 is 0 Å². The molecule has 0 saturated carbocycles. The molecule has 1 N–H and O–H groups in total. The molecular formula is C12H14N2O. The summed E-state index contributed by atoms with van der Waals surface area (Å²) in [5, 5.41) is 0.657. The predicted octanol–water partition coefficient (Wildman–Crippen LogP) is 2.44. The van der Waals surface area contributed by atoms with Gasteiger partial charge in [0, 0.05) is 5.92 Å². The summed E-state index contributed by atoms with van der Waals surface area (Å²) in [5.41, 5.74) is 0.729. The molecule has 0 bridgehead atoms. The van der Waals surface area contributed by atoms with Gasteiger partial charge in [-0.05, 0) is 18.6 Å². The van der Waals surface area contributed by atoms with Crippen molar-refractivity contribution in [1.82, 2.24) is 9.97 Å². The lowest BCUT2D eigenvalue weighted by Gasteiger charge is -2.07. The Balaban J connectivity index is 2.67. The first-order valence-corrected chi connectivity index (χ1v) is 5.21. The third-order valence-corrected chi connectivity index (χ3v) is 2.71. The van der Waals surface area contributed by atoms with E-state index in [1.807, 2.05) is 18.2 Å². The van der Waals surface area contributed by atoms with Crippen LogP contribution in [-0.2, 0) is 0 Å². The summed E-state index contributed by atoms with van der Waals surface area (Å²) in [6.45, 7) is 4.15. The lowest BCUT2D eigenvalue weighted by molar-refractivity contribution is 0.680. The molecule has 15 heavy (non-hydrogen) atoms. The van der Waals surface area contributed by atoms with Gasteiger partial charge in [-0.15, -0.1) is 0 Å². The van der Waals surface area contributed by atoms with E-state index < -0.39 is 0 Å². The first kappa shape index (κ1) is 9.90. The van der Waals surface area contributed by atoms with Gasteiger partial charge in [0.15, 0.2) is 0 Å². The van der Waals surface area contributed by atoms with Gasteiger partial charge in [-0.2, -0.15) is 0 Å². The highest BCUT2D eigenvalue weighted by Gasteiger charge is 2.08. The minimum atomic E-state index is -0.0455. The lowest BCUT2D eigenvalue weighted by Crippen LogP contribution is -2.13. The van der Waals surface area contributed by atoms with Gasteiger partial charge in [-0.3, -0.25) is 4.79 Å². The molecule has 2 aromatic rings. The van der Waals surface area contributed by atoms with E-state index in [0.717, 1.165) is 17.8 Å². The standard InChI is InChI=1S/C12H14N2O/c1-3-8(2)11-13-10-7-5-4-6-9(10)12(15)14-11/h4-8H,3H2,1-2H3,(H,13,14,15)/t8-/m1/s1. The van der Waals surface area contributed by atoms with Crippen LogP contribution in [-0.4, -0.2) is 9.97 Å². The lowest BCUT2D eigenvalue weighted by atomic mass is 10.1. The van der Waals surface area contributed by atoms with Crippen molar-refractivity contribution >= 4 is 10.9 Å². The highest BCUT2D eigenvalue weighted by Crippen LogP contribution is 2.15. The fourth-order valence-corrected chi connectivity index (χ4v) is 1.53. The smallest absolute Gasteiger partial charge is 0.258 e. The molecule has 1 aromatic heterocycles. The molecule has 3 nitrogen and oxygen atoms in total. The number of nitrogens with zero attached hydrogens (tertiary/aromatic N) is 1. The number of H-pyrrole nitrogens is 1. The normalized spacial score (nSPS) is 12.9. The molecule has 0 aliphatic carbocycles. The number of aromatic nitrogens is 2. The molecule has 0 radical (unpaired) electrons. The summed E-state index contributed by atoms with van der Waals surface area (Å²) in [5.74, 6) is 1.07. The molecule has 0 saturated heterocycles. The maximum atomic E-state index is 11.7. The molecule has 0 aliphatic heterocycles. The summed E-state index contributed by atoms with van der Waals surface area (Å²) < 4.78 is 0. The van der Waals surface area contributed by atoms with Gasteiger partial charge in [0.05, 0.1) is 10.9 Å². The number of fused-ring (bicyclic) bond motifs is 1. The maximum absolute atomic E-state index is 11.7. The van der Waals surface area contributed by atoms with E-state index in [0.29, 0.717) is 11.3 Å². The Labute approximate surface area is 88.2 Å². The Hall–Kier alpha value is -1.64. The average Bonchev–Trinajstić information content (AvgIpc) is 2.28. The van der Waals surface area contributed by atoms with Crippen LogP contribution in [0.1, 0.15) is 32.0 Å². The van der Waals surface area contributed by atoms with Crippen LogP contribution in [0.25, 0.3) is 10.9 Å². The van der Waals surface area contributed by atoms with Crippen molar-refractivity contribution in [2.45, 2.75) is 26.2 Å². The third kappa shape index (κ3) is 1.77. The molecule has 0 aliphatic rings. The molecule has 0 unspecified atom stereocenters. The van der Waals surface area contributed by atoms with Crippen LogP contribution < -0.4 is 5.56 Å². The van der Waals surface area contributed by atoms with Crippen LogP contribution >= 0.6 is 0 Å². The number of rotatable bonds is 2. The minimum absolute atomic E-state index is 0.0455. The van der Waals surface area contributed by atoms with E-state index in [4.69, 9.17) is 0 Å². The number of hydrogen-bond donors (Lipinski definition) is 1. The Bertz CT molecular complexity index is 530. The SMILES string of the molecule is CC[C@@H](C)c1nc2ccccc2c(=O)[nH]1. The van der Waals surface area contributed by atoms with Crippen molar-refractivity contribution in [3.8, 4) is 0 Å². The van der Waals surface area contributed by atoms with Gasteiger partial charge in [-0.1, -0.05) is 26.0 Å². The average molecular weight is 202 g/mol. The second-order valence-electron chi connectivity index (χ2n) is 3.78. The van der Waals surface area contributed by atoms with Gasteiger partial charge >= 0.3 is 0 Å². The minimum Gasteiger partial charge on any atom is -0.310 e. The largest absolute Gasteiger partial charge is 0.310 e. The van der Waals surface area contributed by atoms with Crippen LogP contribution in [0.2, 0.25) is 0 Å². The molecule has 3 heteroatoms. The predicted molar refractivity (Wildman–Crippen MR) is 61.1 cm³/mol. The van der Waals surface area contributed by atoms with Gasteiger partial charge in [0.25, 0.3) is 5.56 Å². The van der Waals surface area contributed by atoms with Crippen LogP contribution in [0.4, 0.5) is 0 Å². The third-order valence-electron chi connectivity index (χ3n) is 2.71. The Morgan fingerprint density at radius 3 is 2.87 bits per heavy atom. The van der Waals surface area contributed by atoms with Gasteiger partial charge in [-0.25, -0.2) is 4.98 Å². The van der Waals surface area contributed by atoms with E-state index in [1.165, 1.54) is 0 Å². The second-order valence-corrected chi connectivity index (χ2v) is 3.78. The summed E-state index contributed by atoms with van der Waals surface area (Å²) in [6, 6.07) is 7.41. The highest BCUT2D eigenvalue weighted by molar-refractivity contribution is 5.77. The number of para-hydroxylation sites is 1. The summed E-state index contributed by atoms with van der Waals surface area (Å²) in [4.78, 5) is 19.0. The van der Waals surface area contributed by atoms with E-state index in [2.05, 4.69) is 23.8 Å². The number of benzene rings is 1. The molecule has 2 rings (SSSR count). The molecule has 1 atom stereocenters. The monoisotopic (exact) mass is 202 g/mol. The van der Waals surface area contributed by atoms with Crippen molar-refractivity contribution in [2.24, 2.45) is 0 Å². The van der Waals surface area contributed by atoms with Gasteiger partial charge in [0.1, 0.15) is 5.82 Å². The van der Waals surface area contributed by atoms with E-state index in [9.17, 15) is 4.79 Å². The molecule has 1 aromatic carbocycles. The van der Waals surface area contributed by atoms with Crippen molar-refractivity contribution in [3.05, 3.63) is 40.4 Å². The number of nitrogens with one attached hydrogen (secondary N) is 1. The maximum Gasteiger partial charge on any atom is 0.258 e. The van der Waals surface area contributed by atoms with Gasteiger partial charge < -0.3 is 4.98 Å². The summed E-state index contributed by atoms with van der Waals surface area (Å²) in [7, 11) is 0.